The summed E-state index contributed by atoms with van der Waals surface area (Å²) in [5.74, 6) is 4.33. The van der Waals surface area contributed by atoms with Gasteiger partial charge in [-0.1, -0.05) is 0 Å². The Labute approximate surface area is 104 Å². The van der Waals surface area contributed by atoms with Crippen LogP contribution in [-0.4, -0.2) is 24.3 Å². The molecule has 2 bridgehead atoms. The first-order valence-electron chi connectivity index (χ1n) is 7.64. The molecule has 1 heterocycles. The van der Waals surface area contributed by atoms with Crippen LogP contribution in [0.15, 0.2) is 0 Å². The molecule has 0 aromatic carbocycles. The van der Waals surface area contributed by atoms with Crippen molar-refractivity contribution in [2.24, 2.45) is 23.7 Å². The van der Waals surface area contributed by atoms with E-state index in [1.807, 2.05) is 0 Å². The lowest BCUT2D eigenvalue weighted by atomic mass is 9.98. The summed E-state index contributed by atoms with van der Waals surface area (Å²) in [5, 5.41) is 3.98. The van der Waals surface area contributed by atoms with Crippen molar-refractivity contribution < 1.29 is 4.74 Å². The Balaban J connectivity index is 1.37. The van der Waals surface area contributed by atoms with Gasteiger partial charge in [-0.15, -0.1) is 0 Å². The number of hydrogen-bond acceptors (Lipinski definition) is 2. The molecule has 96 valence electrons. The van der Waals surface area contributed by atoms with Gasteiger partial charge in [-0.3, -0.25) is 0 Å². The summed E-state index contributed by atoms with van der Waals surface area (Å²) < 4.78 is 5.83. The maximum Gasteiger partial charge on any atom is 0.0565 e. The van der Waals surface area contributed by atoms with Crippen LogP contribution in [0.2, 0.25) is 0 Å². The molecule has 1 aliphatic heterocycles. The molecule has 17 heavy (non-hydrogen) atoms. The molecule has 0 aromatic rings. The molecule has 3 aliphatic carbocycles. The van der Waals surface area contributed by atoms with Crippen LogP contribution in [0.5, 0.6) is 0 Å². The van der Waals surface area contributed by atoms with E-state index in [-0.39, 0.29) is 0 Å². The lowest BCUT2D eigenvalue weighted by Crippen LogP contribution is -2.43. The number of nitrogens with one attached hydrogen (secondary N) is 1. The minimum Gasteiger partial charge on any atom is -0.375 e. The lowest BCUT2D eigenvalue weighted by Gasteiger charge is -2.33. The van der Waals surface area contributed by atoms with Crippen LogP contribution < -0.4 is 5.32 Å². The molecule has 1 N–H and O–H groups in total. The van der Waals surface area contributed by atoms with Crippen molar-refractivity contribution in [3.63, 3.8) is 0 Å². The Bertz CT molecular complexity index is 292. The highest BCUT2D eigenvalue weighted by atomic mass is 16.5. The van der Waals surface area contributed by atoms with Crippen LogP contribution in [0, 0.1) is 23.7 Å². The third-order valence-electron chi connectivity index (χ3n) is 5.86. The van der Waals surface area contributed by atoms with Crippen LogP contribution in [0.4, 0.5) is 0 Å². The molecule has 6 unspecified atom stereocenters. The average Bonchev–Trinajstić information content (AvgIpc) is 2.69. The van der Waals surface area contributed by atoms with Crippen molar-refractivity contribution in [2.45, 2.75) is 70.2 Å². The van der Waals surface area contributed by atoms with E-state index in [0.717, 1.165) is 35.8 Å². The molecule has 4 rings (SSSR count). The molecular weight excluding hydrogens is 210 g/mol. The predicted molar refractivity (Wildman–Crippen MR) is 67.8 cm³/mol. The molecule has 2 heteroatoms. The van der Waals surface area contributed by atoms with Crippen molar-refractivity contribution in [3.05, 3.63) is 0 Å². The molecule has 2 nitrogen and oxygen atoms in total. The number of fused-ring (bicyclic) bond motifs is 5. The van der Waals surface area contributed by atoms with E-state index in [4.69, 9.17) is 4.74 Å². The van der Waals surface area contributed by atoms with Gasteiger partial charge < -0.3 is 10.1 Å². The topological polar surface area (TPSA) is 21.3 Å². The monoisotopic (exact) mass is 235 g/mol. The molecule has 0 spiro atoms. The minimum atomic E-state index is 0.451. The van der Waals surface area contributed by atoms with Gasteiger partial charge in [0.15, 0.2) is 0 Å². The van der Waals surface area contributed by atoms with E-state index in [1.165, 1.54) is 25.7 Å². The molecule has 0 aromatic heterocycles. The summed E-state index contributed by atoms with van der Waals surface area (Å²) in [4.78, 5) is 0. The molecule has 1 saturated heterocycles. The highest BCUT2D eigenvalue weighted by molar-refractivity contribution is 5.17. The first kappa shape index (κ1) is 10.8. The van der Waals surface area contributed by atoms with E-state index in [9.17, 15) is 0 Å². The fourth-order valence-electron chi connectivity index (χ4n) is 5.36. The Kier molecular flexibility index (Phi) is 2.36. The first-order chi connectivity index (χ1) is 8.22. The van der Waals surface area contributed by atoms with E-state index in [0.29, 0.717) is 12.2 Å². The first-order valence-corrected chi connectivity index (χ1v) is 7.64. The summed E-state index contributed by atoms with van der Waals surface area (Å²) in [6.45, 7) is 4.45. The lowest BCUT2D eigenvalue weighted by molar-refractivity contribution is -0.0428. The minimum absolute atomic E-state index is 0.451. The van der Waals surface area contributed by atoms with Gasteiger partial charge in [0.05, 0.1) is 12.2 Å². The third-order valence-corrected chi connectivity index (χ3v) is 5.86. The Morgan fingerprint density at radius 1 is 0.882 bits per heavy atom. The van der Waals surface area contributed by atoms with Crippen molar-refractivity contribution in [1.82, 2.24) is 5.32 Å². The van der Waals surface area contributed by atoms with Gasteiger partial charge in [-0.05, 0) is 69.6 Å². The van der Waals surface area contributed by atoms with Crippen LogP contribution in [-0.2, 0) is 4.74 Å². The van der Waals surface area contributed by atoms with Crippen LogP contribution in [0.25, 0.3) is 0 Å². The highest BCUT2D eigenvalue weighted by Crippen LogP contribution is 2.65. The maximum atomic E-state index is 5.83. The van der Waals surface area contributed by atoms with Crippen molar-refractivity contribution >= 4 is 0 Å². The van der Waals surface area contributed by atoms with E-state index in [2.05, 4.69) is 19.2 Å². The zero-order chi connectivity index (χ0) is 11.6. The fourth-order valence-corrected chi connectivity index (χ4v) is 5.36. The normalized spacial score (nSPS) is 60.4. The van der Waals surface area contributed by atoms with Gasteiger partial charge in [0, 0.05) is 12.1 Å². The summed E-state index contributed by atoms with van der Waals surface area (Å²) >= 11 is 0. The maximum absolute atomic E-state index is 5.83. The standard InChI is InChI=1S/C15H25NO/c1-8-5-12(6-9(2)17-8)16-15-13-10-3-4-11(7-10)14(13)15/h8-16H,3-7H2,1-2H3. The summed E-state index contributed by atoms with van der Waals surface area (Å²) in [6, 6.07) is 1.62. The second-order valence-electron chi connectivity index (χ2n) is 7.11. The van der Waals surface area contributed by atoms with Crippen LogP contribution >= 0.6 is 0 Å². The summed E-state index contributed by atoms with van der Waals surface area (Å²) in [6.07, 6.45) is 7.97. The van der Waals surface area contributed by atoms with Gasteiger partial charge in [0.1, 0.15) is 0 Å². The zero-order valence-corrected chi connectivity index (χ0v) is 11.1. The number of hydrogen-bond donors (Lipinski definition) is 1. The van der Waals surface area contributed by atoms with Gasteiger partial charge in [-0.2, -0.15) is 0 Å². The third kappa shape index (κ3) is 1.67. The summed E-state index contributed by atoms with van der Waals surface area (Å²) in [5.41, 5.74) is 0. The van der Waals surface area contributed by atoms with Crippen molar-refractivity contribution in [3.8, 4) is 0 Å². The zero-order valence-electron chi connectivity index (χ0n) is 11.1. The number of ether oxygens (including phenoxy) is 1. The van der Waals surface area contributed by atoms with E-state index in [1.54, 1.807) is 6.42 Å². The van der Waals surface area contributed by atoms with E-state index < -0.39 is 0 Å². The van der Waals surface area contributed by atoms with Gasteiger partial charge in [0.2, 0.25) is 0 Å². The predicted octanol–water partition coefficient (Wildman–Crippen LogP) is 2.58. The smallest absolute Gasteiger partial charge is 0.0565 e. The number of rotatable bonds is 2. The van der Waals surface area contributed by atoms with Crippen molar-refractivity contribution in [2.75, 3.05) is 0 Å². The quantitative estimate of drug-likeness (QED) is 0.794. The largest absolute Gasteiger partial charge is 0.375 e. The van der Waals surface area contributed by atoms with Gasteiger partial charge >= 0.3 is 0 Å². The second-order valence-corrected chi connectivity index (χ2v) is 7.11. The molecule has 6 atom stereocenters. The van der Waals surface area contributed by atoms with Crippen molar-refractivity contribution in [1.29, 1.82) is 0 Å². The Morgan fingerprint density at radius 3 is 2.06 bits per heavy atom. The van der Waals surface area contributed by atoms with Gasteiger partial charge in [0.25, 0.3) is 0 Å². The molecule has 3 saturated carbocycles. The highest BCUT2D eigenvalue weighted by Gasteiger charge is 2.65. The Morgan fingerprint density at radius 2 is 1.47 bits per heavy atom. The molecular formula is C15H25NO. The molecule has 0 amide bonds. The molecule has 0 radical (unpaired) electrons. The molecule has 4 aliphatic rings. The summed E-state index contributed by atoms with van der Waals surface area (Å²) in [7, 11) is 0. The van der Waals surface area contributed by atoms with Crippen LogP contribution in [0.1, 0.15) is 46.0 Å². The SMILES string of the molecule is CC1CC(NC2C3C4CCC(C4)C23)CC(C)O1. The van der Waals surface area contributed by atoms with E-state index >= 15 is 0 Å². The molecule has 4 fully saturated rings. The fraction of sp³-hybridized carbons (Fsp3) is 1.00. The Hall–Kier alpha value is -0.0800. The van der Waals surface area contributed by atoms with Crippen LogP contribution in [0.3, 0.4) is 0 Å². The van der Waals surface area contributed by atoms with Gasteiger partial charge in [-0.25, -0.2) is 0 Å². The average molecular weight is 235 g/mol. The second kappa shape index (κ2) is 3.71.